The van der Waals surface area contributed by atoms with Gasteiger partial charge in [-0.15, -0.1) is 0 Å². The van der Waals surface area contributed by atoms with Crippen molar-refractivity contribution >= 4 is 11.6 Å². The van der Waals surface area contributed by atoms with Gasteiger partial charge in [-0.05, 0) is 42.8 Å². The number of benzene rings is 1. The lowest BCUT2D eigenvalue weighted by Gasteiger charge is -2.05. The maximum absolute atomic E-state index is 5.97. The van der Waals surface area contributed by atoms with Gasteiger partial charge in [0.05, 0.1) is 0 Å². The number of nitrogens with zero attached hydrogens (tertiary/aromatic N) is 3. The Morgan fingerprint density at radius 1 is 1.19 bits per heavy atom. The maximum atomic E-state index is 5.97. The highest BCUT2D eigenvalue weighted by molar-refractivity contribution is 6.31. The van der Waals surface area contributed by atoms with Gasteiger partial charge < -0.3 is 9.26 Å². The predicted molar refractivity (Wildman–Crippen MR) is 78.1 cm³/mol. The molecule has 0 saturated carbocycles. The maximum Gasteiger partial charge on any atom is 0.258 e. The van der Waals surface area contributed by atoms with Gasteiger partial charge in [-0.1, -0.05) is 16.8 Å². The van der Waals surface area contributed by atoms with Crippen molar-refractivity contribution in [2.75, 3.05) is 0 Å². The average molecular weight is 302 g/mol. The summed E-state index contributed by atoms with van der Waals surface area (Å²) in [5.74, 6) is 1.64. The van der Waals surface area contributed by atoms with Crippen LogP contribution in [0.15, 0.2) is 47.2 Å². The third-order valence-corrected chi connectivity index (χ3v) is 3.32. The molecule has 0 aliphatic rings. The summed E-state index contributed by atoms with van der Waals surface area (Å²) < 4.78 is 10.8. The number of aryl methyl sites for hydroxylation is 1. The molecule has 5 nitrogen and oxygen atoms in total. The summed E-state index contributed by atoms with van der Waals surface area (Å²) in [6, 6.07) is 9.08. The molecule has 0 atom stereocenters. The molecule has 6 heteroatoms. The van der Waals surface area contributed by atoms with Gasteiger partial charge in [0.15, 0.2) is 6.61 Å². The Hall–Kier alpha value is -2.40. The highest BCUT2D eigenvalue weighted by atomic mass is 35.5. The Kier molecular flexibility index (Phi) is 3.83. The van der Waals surface area contributed by atoms with Crippen LogP contribution in [0.3, 0.4) is 0 Å². The molecule has 0 unspecified atom stereocenters. The molecule has 3 rings (SSSR count). The van der Waals surface area contributed by atoms with Gasteiger partial charge in [0, 0.05) is 23.0 Å². The minimum atomic E-state index is 0.232. The van der Waals surface area contributed by atoms with Crippen molar-refractivity contribution < 1.29 is 9.26 Å². The summed E-state index contributed by atoms with van der Waals surface area (Å²) in [4.78, 5) is 8.22. The van der Waals surface area contributed by atoms with Crippen LogP contribution in [-0.4, -0.2) is 15.1 Å². The topological polar surface area (TPSA) is 61.0 Å². The second-order valence-electron chi connectivity index (χ2n) is 4.45. The first-order valence-electron chi connectivity index (χ1n) is 6.34. The summed E-state index contributed by atoms with van der Waals surface area (Å²) in [5, 5.41) is 4.60. The van der Waals surface area contributed by atoms with Gasteiger partial charge in [-0.25, -0.2) is 0 Å². The summed E-state index contributed by atoms with van der Waals surface area (Å²) in [7, 11) is 0. The molecule has 3 aromatic rings. The number of pyridine rings is 1. The SMILES string of the molecule is Cc1cc(OCc2noc(-c3ccncc3)n2)ccc1Cl. The first-order chi connectivity index (χ1) is 10.2. The molecule has 0 fully saturated rings. The van der Waals surface area contributed by atoms with E-state index >= 15 is 0 Å². The van der Waals surface area contributed by atoms with Gasteiger partial charge in [-0.2, -0.15) is 4.98 Å². The molecule has 2 aromatic heterocycles. The smallest absolute Gasteiger partial charge is 0.258 e. The van der Waals surface area contributed by atoms with Crippen LogP contribution in [0.1, 0.15) is 11.4 Å². The van der Waals surface area contributed by atoms with E-state index in [9.17, 15) is 0 Å². The Morgan fingerprint density at radius 2 is 2.00 bits per heavy atom. The van der Waals surface area contributed by atoms with Gasteiger partial charge in [0.2, 0.25) is 5.82 Å². The van der Waals surface area contributed by atoms with E-state index in [0.29, 0.717) is 22.5 Å². The molecule has 2 heterocycles. The zero-order valence-electron chi connectivity index (χ0n) is 11.3. The summed E-state index contributed by atoms with van der Waals surface area (Å²) in [6.45, 7) is 2.15. The summed E-state index contributed by atoms with van der Waals surface area (Å²) in [5.41, 5.74) is 1.78. The second-order valence-corrected chi connectivity index (χ2v) is 4.86. The van der Waals surface area contributed by atoms with Crippen molar-refractivity contribution in [1.29, 1.82) is 0 Å². The fraction of sp³-hybridized carbons (Fsp3) is 0.133. The fourth-order valence-electron chi connectivity index (χ4n) is 1.78. The highest BCUT2D eigenvalue weighted by Gasteiger charge is 2.09. The lowest BCUT2D eigenvalue weighted by molar-refractivity contribution is 0.287. The second kappa shape index (κ2) is 5.93. The summed E-state index contributed by atoms with van der Waals surface area (Å²) in [6.07, 6.45) is 3.35. The molecule has 1 aromatic carbocycles. The molecule has 0 bridgehead atoms. The van der Waals surface area contributed by atoms with Gasteiger partial charge in [0.25, 0.3) is 5.89 Å². The molecule has 0 aliphatic carbocycles. The zero-order valence-corrected chi connectivity index (χ0v) is 12.0. The van der Waals surface area contributed by atoms with Crippen LogP contribution in [0.2, 0.25) is 5.02 Å². The molecule has 21 heavy (non-hydrogen) atoms. The van der Waals surface area contributed by atoms with Crippen LogP contribution in [0, 0.1) is 6.92 Å². The minimum Gasteiger partial charge on any atom is -0.485 e. The van der Waals surface area contributed by atoms with E-state index in [0.717, 1.165) is 11.1 Å². The molecule has 0 spiro atoms. The lowest BCUT2D eigenvalue weighted by atomic mass is 10.2. The third-order valence-electron chi connectivity index (χ3n) is 2.89. The number of hydrogen-bond acceptors (Lipinski definition) is 5. The van der Waals surface area contributed by atoms with E-state index < -0.39 is 0 Å². The first-order valence-corrected chi connectivity index (χ1v) is 6.72. The van der Waals surface area contributed by atoms with Crippen molar-refractivity contribution in [3.63, 3.8) is 0 Å². The number of halogens is 1. The fourth-order valence-corrected chi connectivity index (χ4v) is 1.90. The van der Waals surface area contributed by atoms with Crippen molar-refractivity contribution in [2.24, 2.45) is 0 Å². The Bertz CT molecular complexity index is 744. The molecule has 0 amide bonds. The molecule has 0 N–H and O–H groups in total. The molecule has 0 saturated heterocycles. The normalized spacial score (nSPS) is 10.6. The third kappa shape index (κ3) is 3.20. The molecule has 106 valence electrons. The monoisotopic (exact) mass is 301 g/mol. The predicted octanol–water partition coefficient (Wildman–Crippen LogP) is 3.67. The Balaban J connectivity index is 1.69. The van der Waals surface area contributed by atoms with Crippen molar-refractivity contribution in [1.82, 2.24) is 15.1 Å². The van der Waals surface area contributed by atoms with E-state index in [1.165, 1.54) is 0 Å². The van der Waals surface area contributed by atoms with Crippen molar-refractivity contribution in [3.8, 4) is 17.2 Å². The quantitative estimate of drug-likeness (QED) is 0.735. The van der Waals surface area contributed by atoms with Crippen LogP contribution in [-0.2, 0) is 6.61 Å². The van der Waals surface area contributed by atoms with E-state index in [2.05, 4.69) is 15.1 Å². The Morgan fingerprint density at radius 3 is 2.76 bits per heavy atom. The number of rotatable bonds is 4. The summed E-state index contributed by atoms with van der Waals surface area (Å²) >= 11 is 5.97. The first kappa shape index (κ1) is 13.6. The van der Waals surface area contributed by atoms with Crippen LogP contribution in [0.4, 0.5) is 0 Å². The largest absolute Gasteiger partial charge is 0.485 e. The zero-order chi connectivity index (χ0) is 14.7. The van der Waals surface area contributed by atoms with E-state index in [1.807, 2.05) is 13.0 Å². The molecule has 0 radical (unpaired) electrons. The van der Waals surface area contributed by atoms with Crippen LogP contribution in [0.5, 0.6) is 5.75 Å². The molecular formula is C15H12ClN3O2. The van der Waals surface area contributed by atoms with Crippen LogP contribution >= 0.6 is 11.6 Å². The van der Waals surface area contributed by atoms with Crippen molar-refractivity contribution in [3.05, 3.63) is 59.1 Å². The number of aromatic nitrogens is 3. The minimum absolute atomic E-state index is 0.232. The highest BCUT2D eigenvalue weighted by Crippen LogP contribution is 2.22. The van der Waals surface area contributed by atoms with Crippen LogP contribution < -0.4 is 4.74 Å². The van der Waals surface area contributed by atoms with Crippen molar-refractivity contribution in [2.45, 2.75) is 13.5 Å². The average Bonchev–Trinajstić information content (AvgIpc) is 2.98. The molecule has 0 aliphatic heterocycles. The lowest BCUT2D eigenvalue weighted by Crippen LogP contribution is -1.97. The standard InChI is InChI=1S/C15H12ClN3O2/c1-10-8-12(2-3-13(10)16)20-9-14-18-15(21-19-14)11-4-6-17-7-5-11/h2-8H,9H2,1H3. The van der Waals surface area contributed by atoms with Gasteiger partial charge >= 0.3 is 0 Å². The van der Waals surface area contributed by atoms with Gasteiger partial charge in [-0.3, -0.25) is 4.98 Å². The Labute approximate surface area is 126 Å². The van der Waals surface area contributed by atoms with E-state index in [4.69, 9.17) is 20.9 Å². The number of ether oxygens (including phenoxy) is 1. The number of hydrogen-bond donors (Lipinski definition) is 0. The van der Waals surface area contributed by atoms with E-state index in [-0.39, 0.29) is 6.61 Å². The van der Waals surface area contributed by atoms with E-state index in [1.54, 1.807) is 36.7 Å². The van der Waals surface area contributed by atoms with Gasteiger partial charge in [0.1, 0.15) is 5.75 Å². The van der Waals surface area contributed by atoms with Crippen LogP contribution in [0.25, 0.3) is 11.5 Å². The molecular weight excluding hydrogens is 290 g/mol.